The summed E-state index contributed by atoms with van der Waals surface area (Å²) in [4.78, 5) is 29.2. The van der Waals surface area contributed by atoms with Crippen molar-refractivity contribution in [2.24, 2.45) is 17.8 Å². The van der Waals surface area contributed by atoms with Crippen LogP contribution < -0.4 is 0 Å². The van der Waals surface area contributed by atoms with Crippen molar-refractivity contribution >= 4 is 30.3 Å². The van der Waals surface area contributed by atoms with E-state index in [-0.39, 0.29) is 24.3 Å². The zero-order valence-electron chi connectivity index (χ0n) is 17.9. The fourth-order valence-electron chi connectivity index (χ4n) is 5.56. The highest BCUT2D eigenvalue weighted by molar-refractivity contribution is 7.09. The molecule has 5 rings (SSSR count). The Labute approximate surface area is 190 Å². The second-order valence-electron chi connectivity index (χ2n) is 8.77. The third-order valence-corrected chi connectivity index (χ3v) is 7.77. The first-order chi connectivity index (χ1) is 15.5. The second kappa shape index (κ2) is 8.63. The molecule has 2 aromatic rings. The van der Waals surface area contributed by atoms with Gasteiger partial charge in [0.1, 0.15) is 24.2 Å². The molecule has 2 amide bonds. The molecule has 0 unspecified atom stereocenters. The van der Waals surface area contributed by atoms with Gasteiger partial charge < -0.3 is 19.2 Å². The van der Waals surface area contributed by atoms with Gasteiger partial charge in [0, 0.05) is 4.88 Å². The lowest BCUT2D eigenvalue weighted by molar-refractivity contribution is -0.140. The summed E-state index contributed by atoms with van der Waals surface area (Å²) in [6.07, 6.45) is 2.05. The number of carbonyl (C=O) groups excluding carboxylic acids is 2. The number of fused-ring (bicyclic) bond motifs is 3. The summed E-state index contributed by atoms with van der Waals surface area (Å²) >= 11 is 1.53. The molecule has 4 heterocycles. The van der Waals surface area contributed by atoms with E-state index in [9.17, 15) is 19.7 Å². The largest absolute Gasteiger partial charge is 0.487 e. The van der Waals surface area contributed by atoms with Gasteiger partial charge in [-0.2, -0.15) is 0 Å². The molecule has 32 heavy (non-hydrogen) atoms. The van der Waals surface area contributed by atoms with Crippen molar-refractivity contribution < 1.29 is 28.8 Å². The van der Waals surface area contributed by atoms with Crippen molar-refractivity contribution in [2.75, 3.05) is 0 Å². The number of nitrogens with zero attached hydrogens (tertiary/aromatic N) is 1. The van der Waals surface area contributed by atoms with Gasteiger partial charge in [-0.25, -0.2) is 0 Å². The molecule has 0 saturated carbocycles. The number of amides is 2. The van der Waals surface area contributed by atoms with E-state index in [0.717, 1.165) is 28.8 Å². The minimum absolute atomic E-state index is 0.112. The number of aliphatic hydroxyl groups excluding tert-OH is 1. The molecule has 2 N–H and O–H groups in total. The number of likely N-dealkylation sites (tertiary alicyclic amines) is 1. The first-order valence-electron chi connectivity index (χ1n) is 11.1. The number of thiophene rings is 1. The van der Waals surface area contributed by atoms with Gasteiger partial charge in [0.2, 0.25) is 11.8 Å². The maximum Gasteiger partial charge on any atom is 0.487 e. The first kappa shape index (κ1) is 21.6. The van der Waals surface area contributed by atoms with E-state index in [1.165, 1.54) is 16.2 Å². The Morgan fingerprint density at radius 1 is 1.22 bits per heavy atom. The van der Waals surface area contributed by atoms with E-state index < -0.39 is 25.1 Å². The minimum atomic E-state index is -1.14. The fourth-order valence-corrected chi connectivity index (χ4v) is 6.26. The van der Waals surface area contributed by atoms with Crippen molar-refractivity contribution in [3.05, 3.63) is 57.1 Å². The fraction of sp³-hybridized carbons (Fsp3) is 0.478. The lowest BCUT2D eigenvalue weighted by atomic mass is 9.55. The van der Waals surface area contributed by atoms with Crippen LogP contribution in [0.1, 0.15) is 55.1 Å². The molecule has 0 radical (unpaired) electrons. The van der Waals surface area contributed by atoms with Crippen molar-refractivity contribution in [3.63, 3.8) is 0 Å². The van der Waals surface area contributed by atoms with Gasteiger partial charge in [-0.1, -0.05) is 25.0 Å². The van der Waals surface area contributed by atoms with E-state index in [0.29, 0.717) is 30.9 Å². The summed E-state index contributed by atoms with van der Waals surface area (Å²) in [5.41, 5.74) is 1.82. The molecule has 1 aliphatic carbocycles. The third-order valence-electron chi connectivity index (χ3n) is 6.90. The molecule has 0 spiro atoms. The average Bonchev–Trinajstić information content (AvgIpc) is 3.51. The Kier molecular flexibility index (Phi) is 5.83. The van der Waals surface area contributed by atoms with Crippen LogP contribution in [-0.4, -0.2) is 34.0 Å². The Morgan fingerprint density at radius 3 is 2.75 bits per heavy atom. The third kappa shape index (κ3) is 3.57. The van der Waals surface area contributed by atoms with Gasteiger partial charge >= 0.3 is 7.12 Å². The molecule has 0 bridgehead atoms. The van der Waals surface area contributed by atoms with Gasteiger partial charge in [-0.3, -0.25) is 14.5 Å². The monoisotopic (exact) mass is 455 g/mol. The summed E-state index contributed by atoms with van der Waals surface area (Å²) in [5.74, 6) is -0.509. The van der Waals surface area contributed by atoms with Crippen molar-refractivity contribution in [1.29, 1.82) is 0 Å². The van der Waals surface area contributed by atoms with Crippen LogP contribution >= 0.6 is 11.3 Å². The summed E-state index contributed by atoms with van der Waals surface area (Å²) in [6, 6.07) is 7.26. The molecule has 3 aliphatic rings. The molecule has 4 atom stereocenters. The van der Waals surface area contributed by atoms with Crippen LogP contribution in [0.3, 0.4) is 0 Å². The Hall–Kier alpha value is -2.20. The number of hydrogen-bond donors (Lipinski definition) is 2. The molecule has 9 heteroatoms. The van der Waals surface area contributed by atoms with E-state index in [4.69, 9.17) is 9.07 Å². The summed E-state index contributed by atoms with van der Waals surface area (Å²) in [6.45, 7) is 2.14. The average molecular weight is 455 g/mol. The molecule has 2 saturated heterocycles. The van der Waals surface area contributed by atoms with Gasteiger partial charge in [-0.05, 0) is 54.2 Å². The topological polar surface area (TPSA) is 100 Å². The number of furan rings is 1. The molecule has 2 aromatic heterocycles. The highest BCUT2D eigenvalue weighted by Gasteiger charge is 2.57. The smallest absolute Gasteiger partial charge is 0.461 e. The number of allylic oxidation sites excluding steroid dienone is 2. The van der Waals surface area contributed by atoms with Gasteiger partial charge in [-0.15, -0.1) is 11.3 Å². The maximum absolute atomic E-state index is 13.5. The van der Waals surface area contributed by atoms with Gasteiger partial charge in [0.15, 0.2) is 0 Å². The highest BCUT2D eigenvalue weighted by atomic mass is 32.1. The number of carbonyl (C=O) groups is 2. The Balaban J connectivity index is 1.49. The lowest BCUT2D eigenvalue weighted by Crippen LogP contribution is -2.44. The second-order valence-corrected chi connectivity index (χ2v) is 9.80. The van der Waals surface area contributed by atoms with Crippen LogP contribution in [0.2, 0.25) is 0 Å². The normalized spacial score (nSPS) is 27.8. The SMILES string of the molecule is CCCC1=C2B(O)O[C@H](c3ccc(CO)o3)C[C@H]2[C@H]2C(=O)N(Cc3cccs3)C(=O)[C@H]2C1. The summed E-state index contributed by atoms with van der Waals surface area (Å²) in [7, 11) is -1.14. The van der Waals surface area contributed by atoms with E-state index in [1.54, 1.807) is 12.1 Å². The van der Waals surface area contributed by atoms with Crippen molar-refractivity contribution in [3.8, 4) is 0 Å². The van der Waals surface area contributed by atoms with Gasteiger partial charge in [0.05, 0.1) is 18.4 Å². The van der Waals surface area contributed by atoms with E-state index in [2.05, 4.69) is 6.92 Å². The maximum atomic E-state index is 13.5. The van der Waals surface area contributed by atoms with Crippen LogP contribution in [0.4, 0.5) is 0 Å². The van der Waals surface area contributed by atoms with Crippen molar-refractivity contribution in [1.82, 2.24) is 4.90 Å². The van der Waals surface area contributed by atoms with Crippen LogP contribution in [0.25, 0.3) is 0 Å². The van der Waals surface area contributed by atoms with Crippen LogP contribution in [0.15, 0.2) is 45.1 Å². The standard InChI is InChI=1S/C23H26BNO6S/c1-2-4-13-9-17-20(23(28)25(22(17)27)11-15-5-3-8-32-15)16-10-19(31-24(29)21(13)16)18-7-6-14(12-26)30-18/h3,5-8,16-17,19-20,26,29H,2,4,9-12H2,1H3/t16-,17-,19-,20+/m0/s1. The van der Waals surface area contributed by atoms with Gasteiger partial charge in [0.25, 0.3) is 0 Å². The van der Waals surface area contributed by atoms with Crippen LogP contribution in [-0.2, 0) is 27.4 Å². The quantitative estimate of drug-likeness (QED) is 0.513. The van der Waals surface area contributed by atoms with E-state index in [1.807, 2.05) is 17.5 Å². The molecular weight excluding hydrogens is 429 g/mol. The van der Waals surface area contributed by atoms with Crippen molar-refractivity contribution in [2.45, 2.75) is 51.9 Å². The van der Waals surface area contributed by atoms with E-state index >= 15 is 0 Å². The Bertz CT molecular complexity index is 1050. The molecule has 7 nitrogen and oxygen atoms in total. The molecule has 168 valence electrons. The molecule has 0 aromatic carbocycles. The first-order valence-corrected chi connectivity index (χ1v) is 12.0. The Morgan fingerprint density at radius 2 is 2.06 bits per heavy atom. The number of aliphatic hydroxyl groups is 1. The molecule has 2 aliphatic heterocycles. The highest BCUT2D eigenvalue weighted by Crippen LogP contribution is 2.52. The zero-order chi connectivity index (χ0) is 22.4. The minimum Gasteiger partial charge on any atom is -0.461 e. The summed E-state index contributed by atoms with van der Waals surface area (Å²) in [5, 5.41) is 22.2. The van der Waals surface area contributed by atoms with Crippen LogP contribution in [0, 0.1) is 17.8 Å². The number of hydrogen-bond acceptors (Lipinski definition) is 7. The van der Waals surface area contributed by atoms with Crippen LogP contribution in [0.5, 0.6) is 0 Å². The number of rotatable bonds is 6. The lowest BCUT2D eigenvalue weighted by Gasteiger charge is -2.41. The number of imide groups is 1. The predicted octanol–water partition coefficient (Wildman–Crippen LogP) is 3.23. The molecular formula is C23H26BNO6S. The zero-order valence-corrected chi connectivity index (χ0v) is 18.7. The predicted molar refractivity (Wildman–Crippen MR) is 118 cm³/mol. The summed E-state index contributed by atoms with van der Waals surface area (Å²) < 4.78 is 11.6. The molecule has 2 fully saturated rings.